The van der Waals surface area contributed by atoms with Crippen LogP contribution in [-0.4, -0.2) is 54.1 Å². The fourth-order valence-corrected chi connectivity index (χ4v) is 3.10. The van der Waals surface area contributed by atoms with Crippen molar-refractivity contribution in [3.8, 4) is 0 Å². The minimum atomic E-state index is -0.299. The second kappa shape index (κ2) is 8.27. The van der Waals surface area contributed by atoms with Gasteiger partial charge in [-0.1, -0.05) is 13.8 Å². The Kier molecular flexibility index (Phi) is 5.83. The average Bonchev–Trinajstić information content (AvgIpc) is 2.68. The highest BCUT2D eigenvalue weighted by molar-refractivity contribution is 5.89. The molecule has 2 aromatic rings. The molecule has 0 radical (unpaired) electrons. The van der Waals surface area contributed by atoms with Crippen LogP contribution in [0.2, 0.25) is 0 Å². The van der Waals surface area contributed by atoms with Crippen LogP contribution < -0.4 is 4.90 Å². The van der Waals surface area contributed by atoms with Gasteiger partial charge in [0.1, 0.15) is 5.82 Å². The summed E-state index contributed by atoms with van der Waals surface area (Å²) in [7, 11) is 1.40. The van der Waals surface area contributed by atoms with Gasteiger partial charge in [-0.3, -0.25) is 4.90 Å². The average molecular weight is 354 g/mol. The van der Waals surface area contributed by atoms with E-state index in [-0.39, 0.29) is 5.97 Å². The molecule has 0 unspecified atom stereocenters. The second-order valence-electron chi connectivity index (χ2n) is 6.86. The minimum Gasteiger partial charge on any atom is -0.465 e. The van der Waals surface area contributed by atoms with Crippen LogP contribution >= 0.6 is 0 Å². The van der Waals surface area contributed by atoms with Gasteiger partial charge in [0.05, 0.1) is 18.4 Å². The predicted molar refractivity (Wildman–Crippen MR) is 101 cm³/mol. The lowest BCUT2D eigenvalue weighted by atomic mass is 10.1. The molecule has 0 aliphatic carbocycles. The molecule has 1 fully saturated rings. The van der Waals surface area contributed by atoms with Crippen molar-refractivity contribution in [3.63, 3.8) is 0 Å². The van der Waals surface area contributed by atoms with Gasteiger partial charge < -0.3 is 9.64 Å². The maximum Gasteiger partial charge on any atom is 0.337 e. The molecule has 1 aliphatic rings. The fourth-order valence-electron chi connectivity index (χ4n) is 3.10. The summed E-state index contributed by atoms with van der Waals surface area (Å²) < 4.78 is 4.75. The molecule has 6 nitrogen and oxygen atoms in total. The van der Waals surface area contributed by atoms with Crippen molar-refractivity contribution in [1.29, 1.82) is 0 Å². The Morgan fingerprint density at radius 2 is 1.81 bits per heavy atom. The number of carbonyl (C=O) groups excluding carboxylic acids is 1. The van der Waals surface area contributed by atoms with Crippen LogP contribution in [0.25, 0.3) is 0 Å². The number of hydrogen-bond donors (Lipinski definition) is 0. The van der Waals surface area contributed by atoms with E-state index in [1.807, 2.05) is 36.5 Å². The zero-order valence-corrected chi connectivity index (χ0v) is 15.7. The molecule has 0 atom stereocenters. The molecule has 1 aromatic carbocycles. The van der Waals surface area contributed by atoms with E-state index in [1.165, 1.54) is 7.11 Å². The molecule has 3 rings (SSSR count). The summed E-state index contributed by atoms with van der Waals surface area (Å²) >= 11 is 0. The largest absolute Gasteiger partial charge is 0.465 e. The van der Waals surface area contributed by atoms with Gasteiger partial charge >= 0.3 is 5.97 Å². The molecule has 1 aromatic heterocycles. The summed E-state index contributed by atoms with van der Waals surface area (Å²) in [6.45, 7) is 8.98. The number of nitrogens with zero attached hydrogens (tertiary/aromatic N) is 4. The monoisotopic (exact) mass is 354 g/mol. The van der Waals surface area contributed by atoms with Gasteiger partial charge in [-0.15, -0.1) is 0 Å². The highest BCUT2D eigenvalue weighted by atomic mass is 16.5. The van der Waals surface area contributed by atoms with Crippen molar-refractivity contribution in [1.82, 2.24) is 14.9 Å². The van der Waals surface area contributed by atoms with Crippen molar-refractivity contribution in [2.75, 3.05) is 38.2 Å². The van der Waals surface area contributed by atoms with Gasteiger partial charge in [0.2, 0.25) is 0 Å². The van der Waals surface area contributed by atoms with Crippen LogP contribution in [0.4, 0.5) is 5.69 Å². The highest BCUT2D eigenvalue weighted by Gasteiger charge is 2.18. The summed E-state index contributed by atoms with van der Waals surface area (Å²) in [5, 5.41) is 0. The number of carbonyl (C=O) groups is 1. The lowest BCUT2D eigenvalue weighted by Gasteiger charge is -2.36. The van der Waals surface area contributed by atoms with E-state index in [4.69, 9.17) is 4.74 Å². The van der Waals surface area contributed by atoms with Crippen LogP contribution in [-0.2, 0) is 11.3 Å². The molecule has 0 amide bonds. The fraction of sp³-hybridized carbons (Fsp3) is 0.450. The number of hydrogen-bond acceptors (Lipinski definition) is 6. The first-order valence-electron chi connectivity index (χ1n) is 9.04. The smallest absolute Gasteiger partial charge is 0.337 e. The van der Waals surface area contributed by atoms with Crippen LogP contribution in [0.5, 0.6) is 0 Å². The van der Waals surface area contributed by atoms with Gasteiger partial charge in [-0.2, -0.15) is 0 Å². The Morgan fingerprint density at radius 3 is 2.42 bits per heavy atom. The molecule has 1 saturated heterocycles. The summed E-state index contributed by atoms with van der Waals surface area (Å²) in [5.74, 6) is 0.957. The Hall–Kier alpha value is -2.47. The second-order valence-corrected chi connectivity index (χ2v) is 6.86. The molecule has 26 heavy (non-hydrogen) atoms. The third-order valence-electron chi connectivity index (χ3n) is 4.66. The zero-order valence-electron chi connectivity index (χ0n) is 15.7. The Morgan fingerprint density at radius 1 is 1.12 bits per heavy atom. The third-order valence-corrected chi connectivity index (χ3v) is 4.66. The van der Waals surface area contributed by atoms with Gasteiger partial charge in [-0.05, 0) is 30.3 Å². The van der Waals surface area contributed by atoms with Crippen LogP contribution in [0.15, 0.2) is 36.5 Å². The molecule has 0 saturated carbocycles. The van der Waals surface area contributed by atoms with E-state index >= 15 is 0 Å². The van der Waals surface area contributed by atoms with Crippen molar-refractivity contribution in [3.05, 3.63) is 53.6 Å². The van der Waals surface area contributed by atoms with Crippen LogP contribution in [0.3, 0.4) is 0 Å². The lowest BCUT2D eigenvalue weighted by Crippen LogP contribution is -2.46. The number of esters is 1. The van der Waals surface area contributed by atoms with Gasteiger partial charge in [0.15, 0.2) is 0 Å². The quantitative estimate of drug-likeness (QED) is 0.770. The topological polar surface area (TPSA) is 58.6 Å². The van der Waals surface area contributed by atoms with Crippen molar-refractivity contribution in [2.45, 2.75) is 26.3 Å². The van der Waals surface area contributed by atoms with Crippen LogP contribution in [0, 0.1) is 0 Å². The molecule has 0 N–H and O–H groups in total. The Bertz CT molecular complexity index is 738. The van der Waals surface area contributed by atoms with E-state index < -0.39 is 0 Å². The van der Waals surface area contributed by atoms with Crippen molar-refractivity contribution >= 4 is 11.7 Å². The van der Waals surface area contributed by atoms with Crippen molar-refractivity contribution in [2.24, 2.45) is 0 Å². The summed E-state index contributed by atoms with van der Waals surface area (Å²) in [6, 6.07) is 9.62. The first-order valence-corrected chi connectivity index (χ1v) is 9.04. The molecule has 1 aliphatic heterocycles. The predicted octanol–water partition coefficient (Wildman–Crippen LogP) is 2.71. The van der Waals surface area contributed by atoms with E-state index in [2.05, 4.69) is 33.6 Å². The molecular formula is C20H26N4O2. The number of ether oxygens (including phenoxy) is 1. The first kappa shape index (κ1) is 18.3. The summed E-state index contributed by atoms with van der Waals surface area (Å²) in [5.41, 5.74) is 2.81. The maximum atomic E-state index is 11.5. The number of anilines is 1. The van der Waals surface area contributed by atoms with Gasteiger partial charge in [0, 0.05) is 50.5 Å². The number of methoxy groups -OCH3 is 1. The van der Waals surface area contributed by atoms with Gasteiger partial charge in [-0.25, -0.2) is 14.8 Å². The SMILES string of the molecule is COC(=O)c1ccc(N2CCN(Cc3ccnc(C(C)C)n3)CC2)cc1. The first-order chi connectivity index (χ1) is 12.6. The molecule has 0 bridgehead atoms. The third kappa shape index (κ3) is 4.38. The van der Waals surface area contributed by atoms with Crippen molar-refractivity contribution < 1.29 is 9.53 Å². The van der Waals surface area contributed by atoms with E-state index in [9.17, 15) is 4.79 Å². The Balaban J connectivity index is 1.56. The highest BCUT2D eigenvalue weighted by Crippen LogP contribution is 2.18. The van der Waals surface area contributed by atoms with Crippen LogP contribution in [0.1, 0.15) is 41.6 Å². The molecule has 2 heterocycles. The number of piperazine rings is 1. The standard InChI is InChI=1S/C20H26N4O2/c1-15(2)19-21-9-8-17(22-19)14-23-10-12-24(13-11-23)18-6-4-16(5-7-18)20(25)26-3/h4-9,15H,10-14H2,1-3H3. The molecular weight excluding hydrogens is 328 g/mol. The normalized spacial score (nSPS) is 15.3. The van der Waals surface area contributed by atoms with E-state index in [0.29, 0.717) is 11.5 Å². The number of benzene rings is 1. The molecule has 138 valence electrons. The zero-order chi connectivity index (χ0) is 18.5. The molecule has 0 spiro atoms. The maximum absolute atomic E-state index is 11.5. The van der Waals surface area contributed by atoms with E-state index in [0.717, 1.165) is 49.9 Å². The summed E-state index contributed by atoms with van der Waals surface area (Å²) in [6.07, 6.45) is 1.86. The van der Waals surface area contributed by atoms with E-state index in [1.54, 1.807) is 0 Å². The number of aromatic nitrogens is 2. The molecule has 6 heteroatoms. The summed E-state index contributed by atoms with van der Waals surface area (Å²) in [4.78, 5) is 25.3. The Labute approximate surface area is 154 Å². The lowest BCUT2D eigenvalue weighted by molar-refractivity contribution is 0.0601. The van der Waals surface area contributed by atoms with Gasteiger partial charge in [0.25, 0.3) is 0 Å². The number of rotatable bonds is 5. The minimum absolute atomic E-state index is 0.299.